The van der Waals surface area contributed by atoms with E-state index in [9.17, 15) is 4.79 Å². The Bertz CT molecular complexity index is 607. The Balaban J connectivity index is 2.08. The van der Waals surface area contributed by atoms with Crippen molar-refractivity contribution >= 4 is 6.09 Å². The van der Waals surface area contributed by atoms with Gasteiger partial charge in [-0.05, 0) is 53.1 Å². The molecule has 1 fully saturated rings. The molecule has 26 heavy (non-hydrogen) atoms. The van der Waals surface area contributed by atoms with Gasteiger partial charge in [-0.25, -0.2) is 4.79 Å². The van der Waals surface area contributed by atoms with Crippen LogP contribution in [0, 0.1) is 10.8 Å². The molecule has 1 aromatic rings. The van der Waals surface area contributed by atoms with Gasteiger partial charge in [-0.2, -0.15) is 0 Å². The van der Waals surface area contributed by atoms with E-state index in [0.717, 1.165) is 29.7 Å². The molecule has 0 saturated heterocycles. The Morgan fingerprint density at radius 2 is 1.65 bits per heavy atom. The topological polar surface area (TPSA) is 38.3 Å². The number of nitrogens with one attached hydrogen (secondary N) is 1. The molecule has 1 N–H and O–H groups in total. The lowest BCUT2D eigenvalue weighted by Crippen LogP contribution is -2.42. The van der Waals surface area contributed by atoms with Crippen LogP contribution >= 0.6 is 0 Å². The standard InChI is InChI=1S/C23H37NO2/c1-16(2)18-10-8-11-19(17(3)4)20(18)26-21(25)24-15-23(7)13-9-12-22(5,6)14-23/h8,10-11,16-17H,9,12-15H2,1-7H3,(H,24,25). The molecule has 1 aromatic carbocycles. The molecule has 2 rings (SSSR count). The van der Waals surface area contributed by atoms with Crippen LogP contribution in [0.3, 0.4) is 0 Å². The number of ether oxygens (including phenoxy) is 1. The minimum atomic E-state index is -0.329. The number of carbonyl (C=O) groups is 1. The predicted octanol–water partition coefficient (Wildman–Crippen LogP) is 6.63. The van der Waals surface area contributed by atoms with Crippen molar-refractivity contribution in [2.24, 2.45) is 10.8 Å². The van der Waals surface area contributed by atoms with Gasteiger partial charge in [0.15, 0.2) is 0 Å². The zero-order valence-corrected chi connectivity index (χ0v) is 17.7. The summed E-state index contributed by atoms with van der Waals surface area (Å²) < 4.78 is 5.84. The number of amides is 1. The maximum absolute atomic E-state index is 12.6. The highest BCUT2D eigenvalue weighted by Gasteiger charge is 2.36. The highest BCUT2D eigenvalue weighted by Crippen LogP contribution is 2.45. The summed E-state index contributed by atoms with van der Waals surface area (Å²) in [5.74, 6) is 1.37. The van der Waals surface area contributed by atoms with Crippen LogP contribution in [0.1, 0.15) is 97.1 Å². The van der Waals surface area contributed by atoms with Crippen molar-refractivity contribution in [1.29, 1.82) is 0 Å². The van der Waals surface area contributed by atoms with E-state index in [1.807, 2.05) is 0 Å². The molecule has 0 spiro atoms. The van der Waals surface area contributed by atoms with Gasteiger partial charge in [-0.1, -0.05) is 73.1 Å². The molecule has 1 unspecified atom stereocenters. The monoisotopic (exact) mass is 359 g/mol. The quantitative estimate of drug-likeness (QED) is 0.641. The van der Waals surface area contributed by atoms with Crippen LogP contribution in [0.15, 0.2) is 18.2 Å². The zero-order valence-electron chi connectivity index (χ0n) is 17.7. The summed E-state index contributed by atoms with van der Waals surface area (Å²) >= 11 is 0. The summed E-state index contributed by atoms with van der Waals surface area (Å²) in [5.41, 5.74) is 2.69. The first-order valence-corrected chi connectivity index (χ1v) is 10.1. The van der Waals surface area contributed by atoms with Gasteiger partial charge in [-0.3, -0.25) is 0 Å². The lowest BCUT2D eigenvalue weighted by molar-refractivity contribution is 0.0968. The number of benzene rings is 1. The third-order valence-electron chi connectivity index (χ3n) is 5.71. The molecule has 3 heteroatoms. The summed E-state index contributed by atoms with van der Waals surface area (Å²) in [7, 11) is 0. The van der Waals surface area contributed by atoms with E-state index in [4.69, 9.17) is 4.74 Å². The van der Waals surface area contributed by atoms with Gasteiger partial charge in [0.2, 0.25) is 0 Å². The highest BCUT2D eigenvalue weighted by molar-refractivity contribution is 5.71. The fourth-order valence-electron chi connectivity index (χ4n) is 4.49. The summed E-state index contributed by atoms with van der Waals surface area (Å²) in [5, 5.41) is 3.05. The Kier molecular flexibility index (Phi) is 6.42. The molecule has 0 heterocycles. The van der Waals surface area contributed by atoms with Gasteiger partial charge in [0.1, 0.15) is 5.75 Å². The van der Waals surface area contributed by atoms with Crippen LogP contribution in [0.4, 0.5) is 4.79 Å². The third kappa shape index (κ3) is 5.25. The van der Waals surface area contributed by atoms with Crippen LogP contribution in [0.25, 0.3) is 0 Å². The van der Waals surface area contributed by atoms with Crippen LogP contribution in [-0.4, -0.2) is 12.6 Å². The smallest absolute Gasteiger partial charge is 0.410 e. The van der Waals surface area contributed by atoms with Crippen molar-refractivity contribution in [1.82, 2.24) is 5.32 Å². The van der Waals surface area contributed by atoms with Crippen LogP contribution in [0.5, 0.6) is 5.75 Å². The highest BCUT2D eigenvalue weighted by atomic mass is 16.6. The van der Waals surface area contributed by atoms with Crippen LogP contribution < -0.4 is 10.1 Å². The second kappa shape index (κ2) is 8.02. The maximum atomic E-state index is 12.6. The molecule has 0 aliphatic heterocycles. The summed E-state index contributed by atoms with van der Waals surface area (Å²) in [6.45, 7) is 16.2. The molecule has 1 saturated carbocycles. The Morgan fingerprint density at radius 1 is 1.08 bits per heavy atom. The lowest BCUT2D eigenvalue weighted by atomic mass is 9.64. The molecular weight excluding hydrogens is 322 g/mol. The van der Waals surface area contributed by atoms with Crippen molar-refractivity contribution in [3.63, 3.8) is 0 Å². The van der Waals surface area contributed by atoms with Crippen LogP contribution in [-0.2, 0) is 0 Å². The third-order valence-corrected chi connectivity index (χ3v) is 5.71. The Morgan fingerprint density at radius 3 is 2.15 bits per heavy atom. The average molecular weight is 360 g/mol. The first-order chi connectivity index (χ1) is 12.0. The molecule has 0 aromatic heterocycles. The van der Waals surface area contributed by atoms with Crippen molar-refractivity contribution in [3.05, 3.63) is 29.3 Å². The van der Waals surface area contributed by atoms with Crippen molar-refractivity contribution < 1.29 is 9.53 Å². The molecule has 1 atom stereocenters. The van der Waals surface area contributed by atoms with Gasteiger partial charge < -0.3 is 10.1 Å². The molecule has 0 bridgehead atoms. The minimum Gasteiger partial charge on any atom is -0.410 e. The van der Waals surface area contributed by atoms with E-state index < -0.39 is 0 Å². The number of hydrogen-bond donors (Lipinski definition) is 1. The molecular formula is C23H37NO2. The average Bonchev–Trinajstić information content (AvgIpc) is 2.51. The number of rotatable bonds is 5. The summed E-state index contributed by atoms with van der Waals surface area (Å²) in [6.07, 6.45) is 4.47. The minimum absolute atomic E-state index is 0.152. The number of carbonyl (C=O) groups excluding carboxylic acids is 1. The molecule has 3 nitrogen and oxygen atoms in total. The van der Waals surface area contributed by atoms with Crippen molar-refractivity contribution in [2.75, 3.05) is 6.54 Å². The van der Waals surface area contributed by atoms with E-state index in [1.54, 1.807) is 0 Å². The fourth-order valence-corrected chi connectivity index (χ4v) is 4.49. The molecule has 1 amide bonds. The normalized spacial score (nSPS) is 22.5. The second-order valence-electron chi connectivity index (χ2n) is 9.82. The van der Waals surface area contributed by atoms with E-state index in [-0.39, 0.29) is 11.5 Å². The summed E-state index contributed by atoms with van der Waals surface area (Å²) in [6, 6.07) is 6.18. The molecule has 0 radical (unpaired) electrons. The van der Waals surface area contributed by atoms with Crippen molar-refractivity contribution in [2.45, 2.75) is 86.0 Å². The maximum Gasteiger partial charge on any atom is 0.412 e. The van der Waals surface area contributed by atoms with Crippen molar-refractivity contribution in [3.8, 4) is 5.75 Å². The van der Waals surface area contributed by atoms with E-state index in [0.29, 0.717) is 23.8 Å². The van der Waals surface area contributed by atoms with Crippen LogP contribution in [0.2, 0.25) is 0 Å². The van der Waals surface area contributed by atoms with Gasteiger partial charge in [0.25, 0.3) is 0 Å². The first kappa shape index (κ1) is 20.8. The first-order valence-electron chi connectivity index (χ1n) is 10.1. The SMILES string of the molecule is CC(C)c1cccc(C(C)C)c1OC(=O)NCC1(C)CCCC(C)(C)C1. The van der Waals surface area contributed by atoms with Gasteiger partial charge >= 0.3 is 6.09 Å². The summed E-state index contributed by atoms with van der Waals surface area (Å²) in [4.78, 5) is 12.6. The van der Waals surface area contributed by atoms with E-state index in [1.165, 1.54) is 12.8 Å². The Labute approximate surface area is 159 Å². The number of hydrogen-bond acceptors (Lipinski definition) is 2. The fraction of sp³-hybridized carbons (Fsp3) is 0.696. The van der Waals surface area contributed by atoms with Gasteiger partial charge in [-0.15, -0.1) is 0 Å². The predicted molar refractivity (Wildman–Crippen MR) is 109 cm³/mol. The number of para-hydroxylation sites is 1. The van der Waals surface area contributed by atoms with Gasteiger partial charge in [0, 0.05) is 6.54 Å². The largest absolute Gasteiger partial charge is 0.412 e. The van der Waals surface area contributed by atoms with Gasteiger partial charge in [0.05, 0.1) is 0 Å². The molecule has 146 valence electrons. The zero-order chi connectivity index (χ0) is 19.5. The molecule has 1 aliphatic carbocycles. The molecule has 1 aliphatic rings. The lowest BCUT2D eigenvalue weighted by Gasteiger charge is -2.42. The van der Waals surface area contributed by atoms with E-state index >= 15 is 0 Å². The second-order valence-corrected chi connectivity index (χ2v) is 9.82. The Hall–Kier alpha value is -1.51. The van der Waals surface area contributed by atoms with E-state index in [2.05, 4.69) is 72.0 Å².